The highest BCUT2D eigenvalue weighted by molar-refractivity contribution is 6.03. The van der Waals surface area contributed by atoms with Gasteiger partial charge in [-0.1, -0.05) is 60.7 Å². The molecule has 0 spiro atoms. The van der Waals surface area contributed by atoms with Gasteiger partial charge >= 0.3 is 0 Å². The van der Waals surface area contributed by atoms with Gasteiger partial charge in [0.25, 0.3) is 11.5 Å². The molecule has 4 rings (SSSR count). The summed E-state index contributed by atoms with van der Waals surface area (Å²) >= 11 is 0. The number of amides is 1. The van der Waals surface area contributed by atoms with E-state index in [1.807, 2.05) is 60.7 Å². The number of aromatic nitrogens is 2. The van der Waals surface area contributed by atoms with Crippen molar-refractivity contribution in [3.8, 4) is 39.6 Å². The van der Waals surface area contributed by atoms with Crippen molar-refractivity contribution < 1.29 is 19.0 Å². The van der Waals surface area contributed by atoms with Crippen LogP contribution in [0, 0.1) is 0 Å². The fraction of sp³-hybridized carbons (Fsp3) is 0.111. The molecule has 4 aromatic rings. The van der Waals surface area contributed by atoms with Crippen LogP contribution in [0.2, 0.25) is 0 Å². The Labute approximate surface area is 207 Å². The Kier molecular flexibility index (Phi) is 7.40. The van der Waals surface area contributed by atoms with Crippen molar-refractivity contribution in [2.75, 3.05) is 21.3 Å². The zero-order chi connectivity index (χ0) is 25.5. The number of hydrazone groups is 1. The van der Waals surface area contributed by atoms with E-state index in [4.69, 9.17) is 14.2 Å². The SMILES string of the molecule is COc1cc(C=NNC(=O)c2c(-c3ccccc3)c(-c3ccccc3)n[nH]c2=O)cc(OC)c1OC. The van der Waals surface area contributed by atoms with Crippen molar-refractivity contribution in [1.29, 1.82) is 0 Å². The van der Waals surface area contributed by atoms with Crippen LogP contribution in [0.5, 0.6) is 17.2 Å². The molecule has 3 aromatic carbocycles. The van der Waals surface area contributed by atoms with Crippen molar-refractivity contribution in [3.63, 3.8) is 0 Å². The fourth-order valence-electron chi connectivity index (χ4n) is 3.76. The van der Waals surface area contributed by atoms with Gasteiger partial charge in [0.2, 0.25) is 5.75 Å². The molecule has 1 aromatic heterocycles. The maximum Gasteiger partial charge on any atom is 0.277 e. The normalized spacial score (nSPS) is 10.8. The molecular weight excluding hydrogens is 460 g/mol. The molecule has 182 valence electrons. The van der Waals surface area contributed by atoms with Crippen LogP contribution in [-0.4, -0.2) is 43.6 Å². The highest BCUT2D eigenvalue weighted by atomic mass is 16.5. The molecule has 36 heavy (non-hydrogen) atoms. The molecule has 1 heterocycles. The quantitative estimate of drug-likeness (QED) is 0.290. The Morgan fingerprint density at radius 3 is 2.03 bits per heavy atom. The third-order valence-electron chi connectivity index (χ3n) is 5.39. The van der Waals surface area contributed by atoms with Crippen LogP contribution >= 0.6 is 0 Å². The highest BCUT2D eigenvalue weighted by Gasteiger charge is 2.23. The first-order valence-electron chi connectivity index (χ1n) is 10.9. The number of carbonyl (C=O) groups is 1. The van der Waals surface area contributed by atoms with E-state index >= 15 is 0 Å². The predicted molar refractivity (Wildman–Crippen MR) is 137 cm³/mol. The number of methoxy groups -OCH3 is 3. The van der Waals surface area contributed by atoms with Gasteiger partial charge in [-0.3, -0.25) is 9.59 Å². The standard InChI is InChI=1S/C27H24N4O5/c1-34-20-14-17(15-21(35-2)25(20)36-3)16-28-30-26(32)23-22(18-10-6-4-7-11-18)24(29-31-27(23)33)19-12-8-5-9-13-19/h4-16H,1-3H3,(H,30,32)(H,31,33). The minimum absolute atomic E-state index is 0.0999. The number of nitrogens with one attached hydrogen (secondary N) is 2. The third-order valence-corrected chi connectivity index (χ3v) is 5.39. The van der Waals surface area contributed by atoms with Gasteiger partial charge in [0.05, 0.1) is 33.2 Å². The second kappa shape index (κ2) is 11.0. The summed E-state index contributed by atoms with van der Waals surface area (Å²) in [7, 11) is 4.52. The lowest BCUT2D eigenvalue weighted by molar-refractivity contribution is 0.0954. The number of nitrogens with zero attached hydrogens (tertiary/aromatic N) is 2. The van der Waals surface area contributed by atoms with Gasteiger partial charge in [-0.2, -0.15) is 10.2 Å². The Balaban J connectivity index is 1.73. The Morgan fingerprint density at radius 1 is 0.889 bits per heavy atom. The smallest absolute Gasteiger partial charge is 0.277 e. The molecule has 0 radical (unpaired) electrons. The number of ether oxygens (including phenoxy) is 3. The van der Waals surface area contributed by atoms with Crippen LogP contribution < -0.4 is 25.2 Å². The maximum absolute atomic E-state index is 13.2. The molecule has 9 heteroatoms. The molecule has 2 N–H and O–H groups in total. The van der Waals surface area contributed by atoms with Gasteiger partial charge in [0, 0.05) is 16.7 Å². The van der Waals surface area contributed by atoms with E-state index in [0.29, 0.717) is 39.6 Å². The van der Waals surface area contributed by atoms with Crippen molar-refractivity contribution in [1.82, 2.24) is 15.6 Å². The largest absolute Gasteiger partial charge is 0.493 e. The van der Waals surface area contributed by atoms with Crippen LogP contribution in [0.4, 0.5) is 0 Å². The van der Waals surface area contributed by atoms with E-state index in [1.54, 1.807) is 12.1 Å². The lowest BCUT2D eigenvalue weighted by atomic mass is 9.95. The predicted octanol–water partition coefficient (Wildman–Crippen LogP) is 3.89. The average Bonchev–Trinajstić information content (AvgIpc) is 2.93. The van der Waals surface area contributed by atoms with Gasteiger partial charge in [-0.05, 0) is 17.7 Å². The first-order valence-corrected chi connectivity index (χ1v) is 10.9. The zero-order valence-electron chi connectivity index (χ0n) is 19.9. The van der Waals surface area contributed by atoms with E-state index in [1.165, 1.54) is 27.5 Å². The molecule has 0 unspecified atom stereocenters. The van der Waals surface area contributed by atoms with Crippen molar-refractivity contribution in [2.24, 2.45) is 5.10 Å². The highest BCUT2D eigenvalue weighted by Crippen LogP contribution is 2.37. The number of hydrogen-bond donors (Lipinski definition) is 2. The summed E-state index contributed by atoms with van der Waals surface area (Å²) < 4.78 is 16.0. The zero-order valence-corrected chi connectivity index (χ0v) is 19.9. The lowest BCUT2D eigenvalue weighted by Crippen LogP contribution is -2.28. The third kappa shape index (κ3) is 4.95. The summed E-state index contributed by atoms with van der Waals surface area (Å²) in [5.41, 5.74) is 4.61. The first kappa shape index (κ1) is 24.2. The minimum Gasteiger partial charge on any atom is -0.493 e. The average molecular weight is 485 g/mol. The number of benzene rings is 3. The van der Waals surface area contributed by atoms with E-state index in [9.17, 15) is 9.59 Å². The monoisotopic (exact) mass is 484 g/mol. The van der Waals surface area contributed by atoms with E-state index in [2.05, 4.69) is 20.7 Å². The molecule has 0 bridgehead atoms. The Hall–Kier alpha value is -4.92. The minimum atomic E-state index is -0.682. The molecule has 0 saturated heterocycles. The van der Waals surface area contributed by atoms with Gasteiger partial charge < -0.3 is 14.2 Å². The molecule has 0 atom stereocenters. The number of hydrogen-bond acceptors (Lipinski definition) is 7. The van der Waals surface area contributed by atoms with Gasteiger partial charge in [0.1, 0.15) is 5.56 Å². The molecular formula is C27H24N4O5. The van der Waals surface area contributed by atoms with E-state index in [-0.39, 0.29) is 5.56 Å². The fourth-order valence-corrected chi connectivity index (χ4v) is 3.76. The molecule has 1 amide bonds. The first-order chi connectivity index (χ1) is 17.6. The van der Waals surface area contributed by atoms with Crippen molar-refractivity contribution in [2.45, 2.75) is 0 Å². The van der Waals surface area contributed by atoms with Crippen LogP contribution in [-0.2, 0) is 0 Å². The summed E-state index contributed by atoms with van der Waals surface area (Å²) in [6.07, 6.45) is 1.41. The van der Waals surface area contributed by atoms with E-state index < -0.39 is 11.5 Å². The number of H-pyrrole nitrogens is 1. The second-order valence-corrected chi connectivity index (χ2v) is 7.54. The van der Waals surface area contributed by atoms with Crippen LogP contribution in [0.1, 0.15) is 15.9 Å². The number of aromatic amines is 1. The molecule has 9 nitrogen and oxygen atoms in total. The van der Waals surface area contributed by atoms with Gasteiger partial charge in [0.15, 0.2) is 11.5 Å². The molecule has 0 aliphatic heterocycles. The Morgan fingerprint density at radius 2 is 1.47 bits per heavy atom. The molecule has 0 aliphatic rings. The second-order valence-electron chi connectivity index (χ2n) is 7.54. The van der Waals surface area contributed by atoms with Crippen molar-refractivity contribution in [3.05, 3.63) is 94.3 Å². The number of carbonyl (C=O) groups excluding carboxylic acids is 1. The van der Waals surface area contributed by atoms with Crippen molar-refractivity contribution >= 4 is 12.1 Å². The topological polar surface area (TPSA) is 115 Å². The summed E-state index contributed by atoms with van der Waals surface area (Å²) in [6, 6.07) is 21.8. The van der Waals surface area contributed by atoms with Crippen LogP contribution in [0.15, 0.2) is 82.7 Å². The van der Waals surface area contributed by atoms with E-state index in [0.717, 1.165) is 5.56 Å². The van der Waals surface area contributed by atoms with Gasteiger partial charge in [-0.25, -0.2) is 10.5 Å². The van der Waals surface area contributed by atoms with Crippen LogP contribution in [0.3, 0.4) is 0 Å². The van der Waals surface area contributed by atoms with Crippen LogP contribution in [0.25, 0.3) is 22.4 Å². The Bertz CT molecular complexity index is 1430. The summed E-state index contributed by atoms with van der Waals surface area (Å²) in [5, 5.41) is 10.8. The summed E-state index contributed by atoms with van der Waals surface area (Å²) in [4.78, 5) is 26.1. The van der Waals surface area contributed by atoms with Gasteiger partial charge in [-0.15, -0.1) is 0 Å². The molecule has 0 aliphatic carbocycles. The maximum atomic E-state index is 13.2. The molecule has 0 fully saturated rings. The summed E-state index contributed by atoms with van der Waals surface area (Å²) in [5.74, 6) is 0.631. The summed E-state index contributed by atoms with van der Waals surface area (Å²) in [6.45, 7) is 0. The molecule has 0 saturated carbocycles. The number of rotatable bonds is 8. The lowest BCUT2D eigenvalue weighted by Gasteiger charge is -2.13.